The Morgan fingerprint density at radius 3 is 2.67 bits per heavy atom. The summed E-state index contributed by atoms with van der Waals surface area (Å²) in [5.41, 5.74) is 13.3. The molecular weight excluding hydrogens is 405 g/mol. The molecule has 0 atom stereocenters. The number of nitrogens with one attached hydrogen (secondary N) is 1. The second-order valence-electron chi connectivity index (χ2n) is 8.61. The number of hydrogen-bond acceptors (Lipinski definition) is 5. The maximum absolute atomic E-state index is 15.4. The van der Waals surface area contributed by atoms with E-state index in [0.29, 0.717) is 23.0 Å². The molecule has 6 nitrogen and oxygen atoms in total. The highest BCUT2D eigenvalue weighted by molar-refractivity contribution is 6.34. The molecule has 160 valence electrons. The second-order valence-corrected chi connectivity index (χ2v) is 8.99. The molecule has 2 heterocycles. The highest BCUT2D eigenvalue weighted by Gasteiger charge is 2.44. The number of carbonyl (C=O) groups is 1. The molecule has 1 amide bonds. The quantitative estimate of drug-likeness (QED) is 0.644. The van der Waals surface area contributed by atoms with Gasteiger partial charge in [0.1, 0.15) is 11.6 Å². The number of pyridine rings is 1. The largest absolute Gasteiger partial charge is 0.398 e. The van der Waals surface area contributed by atoms with Gasteiger partial charge in [-0.1, -0.05) is 11.6 Å². The van der Waals surface area contributed by atoms with Crippen molar-refractivity contribution >= 4 is 29.0 Å². The second kappa shape index (κ2) is 7.71. The number of halogens is 2. The summed E-state index contributed by atoms with van der Waals surface area (Å²) in [7, 11) is 3.12. The van der Waals surface area contributed by atoms with Crippen LogP contribution in [0.4, 0.5) is 15.9 Å². The number of amides is 1. The zero-order valence-electron chi connectivity index (χ0n) is 17.3. The molecule has 1 aliphatic carbocycles. The van der Waals surface area contributed by atoms with E-state index >= 15 is 4.39 Å². The number of nitrogen functional groups attached to an aromatic ring is 1. The molecule has 0 bridgehead atoms. The van der Waals surface area contributed by atoms with Crippen LogP contribution in [0, 0.1) is 11.7 Å². The Morgan fingerprint density at radius 1 is 1.33 bits per heavy atom. The number of nitrogens with zero attached hydrogens (tertiary/aromatic N) is 2. The molecule has 0 saturated heterocycles. The van der Waals surface area contributed by atoms with Gasteiger partial charge in [0.25, 0.3) is 5.91 Å². The molecule has 2 aliphatic rings. The summed E-state index contributed by atoms with van der Waals surface area (Å²) in [6, 6.07) is 3.10. The Kier molecular flexibility index (Phi) is 5.36. The standard InChI is InChI=1S/C22H27ClFN5O/c1-29(2)21(30)16-15(26)4-3-13(19(16)24)14-10-27-20-17(18(14)23)22(11-28-20)7-5-12(9-25)6-8-22/h3-4,10,12H,5-9,11,25-26H2,1-2H3,(H,27,28)/t12-,22+. The zero-order chi connectivity index (χ0) is 21.6. The topological polar surface area (TPSA) is 97.3 Å². The Bertz CT molecular complexity index is 1000. The molecule has 1 spiro atoms. The Balaban J connectivity index is 1.81. The summed E-state index contributed by atoms with van der Waals surface area (Å²) in [6.07, 6.45) is 5.58. The van der Waals surface area contributed by atoms with E-state index in [2.05, 4.69) is 10.3 Å². The minimum atomic E-state index is -0.677. The first kappa shape index (κ1) is 20.9. The van der Waals surface area contributed by atoms with Crippen LogP contribution >= 0.6 is 11.6 Å². The molecule has 5 N–H and O–H groups in total. The lowest BCUT2D eigenvalue weighted by Crippen LogP contribution is -2.35. The third kappa shape index (κ3) is 3.20. The lowest BCUT2D eigenvalue weighted by atomic mass is 9.67. The van der Waals surface area contributed by atoms with Crippen molar-refractivity contribution in [2.24, 2.45) is 11.7 Å². The van der Waals surface area contributed by atoms with E-state index in [1.807, 2.05) is 0 Å². The number of benzene rings is 1. The van der Waals surface area contributed by atoms with Crippen LogP contribution in [0.15, 0.2) is 18.3 Å². The fourth-order valence-electron chi connectivity index (χ4n) is 4.77. The third-order valence-electron chi connectivity index (χ3n) is 6.62. The summed E-state index contributed by atoms with van der Waals surface area (Å²) < 4.78 is 15.4. The van der Waals surface area contributed by atoms with Gasteiger partial charge in [0.2, 0.25) is 0 Å². The van der Waals surface area contributed by atoms with Crippen LogP contribution in [0.25, 0.3) is 11.1 Å². The summed E-state index contributed by atoms with van der Waals surface area (Å²) in [5.74, 6) is 0.124. The third-order valence-corrected chi connectivity index (χ3v) is 7.01. The Morgan fingerprint density at radius 2 is 2.03 bits per heavy atom. The van der Waals surface area contributed by atoms with E-state index in [1.165, 1.54) is 4.90 Å². The van der Waals surface area contributed by atoms with E-state index in [4.69, 9.17) is 23.1 Å². The Labute approximate surface area is 180 Å². The number of rotatable bonds is 3. The van der Waals surface area contributed by atoms with Gasteiger partial charge in [0.05, 0.1) is 10.6 Å². The number of nitrogens with two attached hydrogens (primary N) is 2. The number of hydrogen-bond donors (Lipinski definition) is 3. The van der Waals surface area contributed by atoms with Gasteiger partial charge >= 0.3 is 0 Å². The minimum Gasteiger partial charge on any atom is -0.398 e. The summed E-state index contributed by atoms with van der Waals surface area (Å²) in [4.78, 5) is 18.3. The number of aromatic nitrogens is 1. The van der Waals surface area contributed by atoms with Crippen molar-refractivity contribution in [3.8, 4) is 11.1 Å². The van der Waals surface area contributed by atoms with Gasteiger partial charge in [-0.3, -0.25) is 4.79 Å². The average molecular weight is 432 g/mol. The van der Waals surface area contributed by atoms with Gasteiger partial charge in [0.15, 0.2) is 0 Å². The molecule has 4 rings (SSSR count). The molecule has 8 heteroatoms. The van der Waals surface area contributed by atoms with Gasteiger partial charge in [-0.15, -0.1) is 0 Å². The fourth-order valence-corrected chi connectivity index (χ4v) is 5.21. The van der Waals surface area contributed by atoms with Crippen molar-refractivity contribution in [1.29, 1.82) is 0 Å². The lowest BCUT2D eigenvalue weighted by molar-refractivity contribution is 0.0824. The molecule has 1 aliphatic heterocycles. The fraction of sp³-hybridized carbons (Fsp3) is 0.455. The molecule has 0 radical (unpaired) electrons. The minimum absolute atomic E-state index is 0.0958. The first-order valence-corrected chi connectivity index (χ1v) is 10.6. The summed E-state index contributed by atoms with van der Waals surface area (Å²) >= 11 is 6.89. The summed E-state index contributed by atoms with van der Waals surface area (Å²) in [6.45, 7) is 1.46. The van der Waals surface area contributed by atoms with Gasteiger partial charge in [-0.05, 0) is 50.3 Å². The highest BCUT2D eigenvalue weighted by atomic mass is 35.5. The predicted octanol–water partition coefficient (Wildman–Crippen LogP) is 3.64. The normalized spacial score (nSPS) is 22.6. The molecule has 1 aromatic carbocycles. The van der Waals surface area contributed by atoms with E-state index in [9.17, 15) is 4.79 Å². The molecule has 1 saturated carbocycles. The number of fused-ring (bicyclic) bond motifs is 2. The van der Waals surface area contributed by atoms with Crippen LogP contribution < -0.4 is 16.8 Å². The van der Waals surface area contributed by atoms with E-state index in [1.54, 1.807) is 32.4 Å². The van der Waals surface area contributed by atoms with Crippen molar-refractivity contribution < 1.29 is 9.18 Å². The number of carbonyl (C=O) groups excluding carboxylic acids is 1. The van der Waals surface area contributed by atoms with Gasteiger partial charge in [-0.2, -0.15) is 0 Å². The lowest BCUT2D eigenvalue weighted by Gasteiger charge is -2.37. The van der Waals surface area contributed by atoms with Crippen molar-refractivity contribution in [3.63, 3.8) is 0 Å². The maximum atomic E-state index is 15.4. The summed E-state index contributed by atoms with van der Waals surface area (Å²) in [5, 5.41) is 3.87. The molecule has 30 heavy (non-hydrogen) atoms. The molecule has 0 unspecified atom stereocenters. The van der Waals surface area contributed by atoms with Crippen molar-refractivity contribution in [2.45, 2.75) is 31.1 Å². The number of anilines is 2. The van der Waals surface area contributed by atoms with Gasteiger partial charge < -0.3 is 21.7 Å². The van der Waals surface area contributed by atoms with Crippen molar-refractivity contribution in [1.82, 2.24) is 9.88 Å². The van der Waals surface area contributed by atoms with Gasteiger partial charge in [-0.25, -0.2) is 9.37 Å². The first-order valence-electron chi connectivity index (χ1n) is 10.2. The van der Waals surface area contributed by atoms with E-state index < -0.39 is 11.7 Å². The van der Waals surface area contributed by atoms with Crippen LogP contribution in [0.1, 0.15) is 41.6 Å². The van der Waals surface area contributed by atoms with E-state index in [-0.39, 0.29) is 22.2 Å². The molecule has 1 fully saturated rings. The average Bonchev–Trinajstić information content (AvgIpc) is 3.08. The molecule has 2 aromatic rings. The smallest absolute Gasteiger partial charge is 0.258 e. The molecule has 1 aromatic heterocycles. The van der Waals surface area contributed by atoms with Crippen LogP contribution in [0.3, 0.4) is 0 Å². The maximum Gasteiger partial charge on any atom is 0.258 e. The zero-order valence-corrected chi connectivity index (χ0v) is 18.0. The first-order chi connectivity index (χ1) is 14.3. The highest BCUT2D eigenvalue weighted by Crippen LogP contribution is 2.51. The Hall–Kier alpha value is -2.38. The van der Waals surface area contributed by atoms with Crippen LogP contribution in [-0.4, -0.2) is 43.0 Å². The molecular formula is C22H27ClFN5O. The van der Waals surface area contributed by atoms with Crippen molar-refractivity contribution in [3.05, 3.63) is 40.3 Å². The van der Waals surface area contributed by atoms with Crippen LogP contribution in [0.5, 0.6) is 0 Å². The van der Waals surface area contributed by atoms with Crippen molar-refractivity contribution in [2.75, 3.05) is 38.2 Å². The van der Waals surface area contributed by atoms with Crippen LogP contribution in [-0.2, 0) is 5.41 Å². The monoisotopic (exact) mass is 431 g/mol. The van der Waals surface area contributed by atoms with Gasteiger partial charge in [0, 0.05) is 54.6 Å². The van der Waals surface area contributed by atoms with Crippen LogP contribution in [0.2, 0.25) is 5.02 Å². The van der Waals surface area contributed by atoms with E-state index in [0.717, 1.165) is 43.6 Å². The predicted molar refractivity (Wildman–Crippen MR) is 118 cm³/mol. The SMILES string of the molecule is CN(C)C(=O)c1c(N)ccc(-c2cnc3c(c2Cl)[C@]2(CC[C@@H](CN)CC2)CN3)c1F.